The fourth-order valence-corrected chi connectivity index (χ4v) is 1.39. The molecule has 0 spiro atoms. The molecule has 0 saturated heterocycles. The van der Waals surface area contributed by atoms with E-state index in [0.29, 0.717) is 12.5 Å². The standard InChI is InChI=1S/C14H25NO2/c1-5-8-15-9-13-6-7-14(17-13)10-16-12(4)11(2)3/h6-7,11-12,15H,5,8-10H2,1-4H3. The summed E-state index contributed by atoms with van der Waals surface area (Å²) in [7, 11) is 0. The Morgan fingerprint density at radius 1 is 1.24 bits per heavy atom. The molecule has 0 saturated carbocycles. The van der Waals surface area contributed by atoms with Crippen molar-refractivity contribution in [1.82, 2.24) is 5.32 Å². The van der Waals surface area contributed by atoms with Gasteiger partial charge in [0.1, 0.15) is 18.1 Å². The van der Waals surface area contributed by atoms with Crippen LogP contribution >= 0.6 is 0 Å². The van der Waals surface area contributed by atoms with E-state index in [2.05, 4.69) is 33.0 Å². The number of nitrogens with one attached hydrogen (secondary N) is 1. The van der Waals surface area contributed by atoms with E-state index in [0.717, 1.165) is 31.0 Å². The number of furan rings is 1. The van der Waals surface area contributed by atoms with Crippen LogP contribution in [-0.4, -0.2) is 12.6 Å². The zero-order valence-electron chi connectivity index (χ0n) is 11.5. The Morgan fingerprint density at radius 3 is 2.59 bits per heavy atom. The summed E-state index contributed by atoms with van der Waals surface area (Å²) in [6.07, 6.45) is 1.41. The minimum absolute atomic E-state index is 0.266. The van der Waals surface area contributed by atoms with Crippen molar-refractivity contribution in [1.29, 1.82) is 0 Å². The molecule has 0 amide bonds. The molecule has 17 heavy (non-hydrogen) atoms. The third-order valence-corrected chi connectivity index (χ3v) is 2.87. The Hall–Kier alpha value is -0.800. The monoisotopic (exact) mass is 239 g/mol. The maximum atomic E-state index is 5.71. The van der Waals surface area contributed by atoms with Gasteiger partial charge < -0.3 is 14.5 Å². The van der Waals surface area contributed by atoms with Crippen LogP contribution in [0, 0.1) is 5.92 Å². The van der Waals surface area contributed by atoms with Gasteiger partial charge in [-0.05, 0) is 37.9 Å². The van der Waals surface area contributed by atoms with Crippen molar-refractivity contribution in [3.8, 4) is 0 Å². The summed E-state index contributed by atoms with van der Waals surface area (Å²) in [6.45, 7) is 11.0. The lowest BCUT2D eigenvalue weighted by atomic mass is 10.1. The second-order valence-corrected chi connectivity index (χ2v) is 4.80. The first-order valence-corrected chi connectivity index (χ1v) is 6.53. The molecule has 0 fully saturated rings. The molecule has 0 aliphatic carbocycles. The lowest BCUT2D eigenvalue weighted by Gasteiger charge is -2.15. The van der Waals surface area contributed by atoms with Crippen molar-refractivity contribution in [2.45, 2.75) is 53.4 Å². The summed E-state index contributed by atoms with van der Waals surface area (Å²) in [5.41, 5.74) is 0. The zero-order chi connectivity index (χ0) is 12.7. The molecule has 0 aliphatic rings. The third-order valence-electron chi connectivity index (χ3n) is 2.87. The van der Waals surface area contributed by atoms with Crippen molar-refractivity contribution < 1.29 is 9.15 Å². The maximum absolute atomic E-state index is 5.71. The minimum Gasteiger partial charge on any atom is -0.462 e. The van der Waals surface area contributed by atoms with Crippen LogP contribution in [0.3, 0.4) is 0 Å². The van der Waals surface area contributed by atoms with Crippen molar-refractivity contribution >= 4 is 0 Å². The summed E-state index contributed by atoms with van der Waals surface area (Å²) in [4.78, 5) is 0. The van der Waals surface area contributed by atoms with E-state index in [1.54, 1.807) is 0 Å². The van der Waals surface area contributed by atoms with Gasteiger partial charge in [0.2, 0.25) is 0 Å². The molecule has 1 aromatic heterocycles. The summed E-state index contributed by atoms with van der Waals surface area (Å²) in [5.74, 6) is 2.43. The number of hydrogen-bond donors (Lipinski definition) is 1. The van der Waals surface area contributed by atoms with Crippen LogP contribution in [0.5, 0.6) is 0 Å². The van der Waals surface area contributed by atoms with E-state index in [4.69, 9.17) is 9.15 Å². The average Bonchev–Trinajstić information content (AvgIpc) is 2.74. The normalized spacial score (nSPS) is 13.2. The molecule has 1 atom stereocenters. The molecule has 1 heterocycles. The Kier molecular flexibility index (Phi) is 6.30. The highest BCUT2D eigenvalue weighted by molar-refractivity contribution is 5.06. The average molecular weight is 239 g/mol. The smallest absolute Gasteiger partial charge is 0.129 e. The first kappa shape index (κ1) is 14.3. The largest absolute Gasteiger partial charge is 0.462 e. The van der Waals surface area contributed by atoms with Crippen LogP contribution in [0.15, 0.2) is 16.5 Å². The maximum Gasteiger partial charge on any atom is 0.129 e. The Morgan fingerprint density at radius 2 is 1.94 bits per heavy atom. The predicted octanol–water partition coefficient (Wildman–Crippen LogP) is 3.34. The van der Waals surface area contributed by atoms with E-state index in [1.165, 1.54) is 0 Å². The number of hydrogen-bond acceptors (Lipinski definition) is 3. The molecule has 1 rings (SSSR count). The lowest BCUT2D eigenvalue weighted by molar-refractivity contribution is 0.0145. The predicted molar refractivity (Wildman–Crippen MR) is 69.8 cm³/mol. The molecule has 3 heteroatoms. The van der Waals surface area contributed by atoms with Crippen molar-refractivity contribution in [2.24, 2.45) is 5.92 Å². The number of rotatable bonds is 8. The summed E-state index contributed by atoms with van der Waals surface area (Å²) < 4.78 is 11.4. The van der Waals surface area contributed by atoms with Crippen LogP contribution in [0.2, 0.25) is 0 Å². The summed E-state index contributed by atoms with van der Waals surface area (Å²) >= 11 is 0. The molecule has 1 N–H and O–H groups in total. The molecular weight excluding hydrogens is 214 g/mol. The Balaban J connectivity index is 2.30. The molecule has 0 aliphatic heterocycles. The first-order chi connectivity index (χ1) is 8.13. The van der Waals surface area contributed by atoms with Gasteiger partial charge in [-0.1, -0.05) is 20.8 Å². The van der Waals surface area contributed by atoms with Crippen LogP contribution < -0.4 is 5.32 Å². The topological polar surface area (TPSA) is 34.4 Å². The molecular formula is C14H25NO2. The van der Waals surface area contributed by atoms with Crippen LogP contribution in [0.1, 0.15) is 45.6 Å². The van der Waals surface area contributed by atoms with Gasteiger partial charge in [0.05, 0.1) is 12.6 Å². The molecule has 0 radical (unpaired) electrons. The summed E-state index contributed by atoms with van der Waals surface area (Å²) in [5, 5.41) is 3.31. The third kappa shape index (κ3) is 5.37. The quantitative estimate of drug-likeness (QED) is 0.706. The van der Waals surface area contributed by atoms with E-state index < -0.39 is 0 Å². The highest BCUT2D eigenvalue weighted by Gasteiger charge is 2.09. The van der Waals surface area contributed by atoms with Gasteiger partial charge in [-0.3, -0.25) is 0 Å². The van der Waals surface area contributed by atoms with Gasteiger partial charge in [-0.25, -0.2) is 0 Å². The van der Waals surface area contributed by atoms with Crippen molar-refractivity contribution in [3.63, 3.8) is 0 Å². The fourth-order valence-electron chi connectivity index (χ4n) is 1.39. The minimum atomic E-state index is 0.266. The Labute approximate surface area is 105 Å². The van der Waals surface area contributed by atoms with Crippen molar-refractivity contribution in [2.75, 3.05) is 6.54 Å². The molecule has 0 bridgehead atoms. The van der Waals surface area contributed by atoms with E-state index in [-0.39, 0.29) is 6.10 Å². The van der Waals surface area contributed by atoms with Gasteiger partial charge in [0.15, 0.2) is 0 Å². The molecule has 3 nitrogen and oxygen atoms in total. The van der Waals surface area contributed by atoms with E-state index in [1.807, 2.05) is 12.1 Å². The number of ether oxygens (including phenoxy) is 1. The van der Waals surface area contributed by atoms with Crippen molar-refractivity contribution in [3.05, 3.63) is 23.7 Å². The highest BCUT2D eigenvalue weighted by Crippen LogP contribution is 2.12. The van der Waals surface area contributed by atoms with Gasteiger partial charge in [-0.2, -0.15) is 0 Å². The van der Waals surface area contributed by atoms with Gasteiger partial charge in [0, 0.05) is 0 Å². The van der Waals surface area contributed by atoms with Gasteiger partial charge in [0.25, 0.3) is 0 Å². The van der Waals surface area contributed by atoms with Crippen LogP contribution in [0.4, 0.5) is 0 Å². The molecule has 1 aromatic rings. The van der Waals surface area contributed by atoms with E-state index >= 15 is 0 Å². The Bertz CT molecular complexity index is 307. The summed E-state index contributed by atoms with van der Waals surface area (Å²) in [6, 6.07) is 4.01. The zero-order valence-corrected chi connectivity index (χ0v) is 11.5. The lowest BCUT2D eigenvalue weighted by Crippen LogP contribution is -2.15. The van der Waals surface area contributed by atoms with Gasteiger partial charge >= 0.3 is 0 Å². The molecule has 0 aromatic carbocycles. The second kappa shape index (κ2) is 7.51. The fraction of sp³-hybridized carbons (Fsp3) is 0.714. The van der Waals surface area contributed by atoms with Crippen LogP contribution in [-0.2, 0) is 17.9 Å². The highest BCUT2D eigenvalue weighted by atomic mass is 16.5. The van der Waals surface area contributed by atoms with Gasteiger partial charge in [-0.15, -0.1) is 0 Å². The van der Waals surface area contributed by atoms with Crippen LogP contribution in [0.25, 0.3) is 0 Å². The molecule has 98 valence electrons. The SMILES string of the molecule is CCCNCc1ccc(COC(C)C(C)C)o1. The first-order valence-electron chi connectivity index (χ1n) is 6.53. The second-order valence-electron chi connectivity index (χ2n) is 4.80. The molecule has 1 unspecified atom stereocenters. The van der Waals surface area contributed by atoms with E-state index in [9.17, 15) is 0 Å².